The summed E-state index contributed by atoms with van der Waals surface area (Å²) >= 11 is 13.6. The minimum atomic E-state index is -0.497. The Kier molecular flexibility index (Phi) is 5.73. The minimum Gasteiger partial charge on any atom is -0.506 e. The minimum absolute atomic E-state index is 0.00281. The highest BCUT2D eigenvalue weighted by atomic mass is 35.5. The lowest BCUT2D eigenvalue weighted by atomic mass is 10.1. The highest BCUT2D eigenvalue weighted by Crippen LogP contribution is 2.40. The van der Waals surface area contributed by atoms with E-state index in [2.05, 4.69) is 10.3 Å². The molecule has 8 heteroatoms. The van der Waals surface area contributed by atoms with Crippen LogP contribution in [0.15, 0.2) is 11.4 Å². The Morgan fingerprint density at radius 2 is 2.22 bits per heavy atom. The van der Waals surface area contributed by atoms with Gasteiger partial charge in [-0.1, -0.05) is 30.1 Å². The molecule has 2 rings (SSSR count). The smallest absolute Gasteiger partial charge is 0.257 e. The summed E-state index contributed by atoms with van der Waals surface area (Å²) in [7, 11) is 1.38. The summed E-state index contributed by atoms with van der Waals surface area (Å²) in [5.74, 6) is -0.660. The molecule has 0 spiro atoms. The number of amides is 1. The Bertz CT molecular complexity index is 734. The van der Waals surface area contributed by atoms with E-state index in [4.69, 9.17) is 27.9 Å². The zero-order valence-electron chi connectivity index (χ0n) is 12.8. The second kappa shape index (κ2) is 7.38. The maximum absolute atomic E-state index is 12.5. The molecule has 124 valence electrons. The molecule has 2 aromatic rings. The van der Waals surface area contributed by atoms with Gasteiger partial charge in [-0.25, -0.2) is 4.98 Å². The van der Waals surface area contributed by atoms with Crippen LogP contribution < -0.4 is 10.1 Å². The summed E-state index contributed by atoms with van der Waals surface area (Å²) in [6, 6.07) is 0.914. The zero-order chi connectivity index (χ0) is 17.1. The van der Waals surface area contributed by atoms with Crippen molar-refractivity contribution in [3.05, 3.63) is 37.8 Å². The molecule has 2 N–H and O–H groups in total. The number of phenols is 1. The molecule has 1 atom stereocenters. The first-order valence-corrected chi connectivity index (χ1v) is 8.52. The van der Waals surface area contributed by atoms with Crippen molar-refractivity contribution in [2.45, 2.75) is 26.3 Å². The monoisotopic (exact) mass is 374 g/mol. The van der Waals surface area contributed by atoms with Crippen LogP contribution in [-0.2, 0) is 6.42 Å². The predicted molar refractivity (Wildman–Crippen MR) is 92.1 cm³/mol. The number of aryl methyl sites for hydroxylation is 1. The molecule has 1 amide bonds. The molecule has 0 bridgehead atoms. The first kappa shape index (κ1) is 17.8. The van der Waals surface area contributed by atoms with Crippen LogP contribution in [0.1, 0.15) is 40.9 Å². The van der Waals surface area contributed by atoms with Gasteiger partial charge in [-0.3, -0.25) is 4.79 Å². The molecule has 0 aliphatic carbocycles. The van der Waals surface area contributed by atoms with E-state index in [9.17, 15) is 9.90 Å². The normalized spacial score (nSPS) is 12.0. The Morgan fingerprint density at radius 3 is 2.78 bits per heavy atom. The highest BCUT2D eigenvalue weighted by Gasteiger charge is 2.24. The third-order valence-corrected chi connectivity index (χ3v) is 4.92. The second-order valence-electron chi connectivity index (χ2n) is 4.81. The fraction of sp³-hybridized carbons (Fsp3) is 0.333. The van der Waals surface area contributed by atoms with Crippen molar-refractivity contribution < 1.29 is 14.6 Å². The number of halogens is 2. The topological polar surface area (TPSA) is 71.5 Å². The number of thiazole rings is 1. The van der Waals surface area contributed by atoms with E-state index < -0.39 is 5.91 Å². The first-order chi connectivity index (χ1) is 10.9. The van der Waals surface area contributed by atoms with Crippen LogP contribution in [0.5, 0.6) is 11.5 Å². The van der Waals surface area contributed by atoms with Gasteiger partial charge in [-0.2, -0.15) is 0 Å². The molecule has 0 aliphatic heterocycles. The molecule has 5 nitrogen and oxygen atoms in total. The van der Waals surface area contributed by atoms with E-state index in [0.717, 1.165) is 17.1 Å². The van der Waals surface area contributed by atoms with Crippen molar-refractivity contribution in [1.82, 2.24) is 10.3 Å². The number of hydrogen-bond acceptors (Lipinski definition) is 5. The SMILES string of the molecule is CCc1nc(C(C)NC(=O)c2c(Cl)c(O)cc(Cl)c2OC)cs1. The lowest BCUT2D eigenvalue weighted by Gasteiger charge is -2.16. The van der Waals surface area contributed by atoms with E-state index in [1.165, 1.54) is 13.2 Å². The molecule has 1 aromatic heterocycles. The number of benzene rings is 1. The van der Waals surface area contributed by atoms with Gasteiger partial charge in [0.2, 0.25) is 0 Å². The number of hydrogen-bond donors (Lipinski definition) is 2. The summed E-state index contributed by atoms with van der Waals surface area (Å²) in [4.78, 5) is 17.0. The maximum atomic E-state index is 12.5. The molecule has 1 heterocycles. The molecule has 0 fully saturated rings. The van der Waals surface area contributed by atoms with Crippen molar-refractivity contribution in [1.29, 1.82) is 0 Å². The standard InChI is InChI=1S/C15H16Cl2N2O3S/c1-4-11-19-9(6-23-11)7(2)18-15(21)12-13(17)10(20)5-8(16)14(12)22-3/h5-7,20H,4H2,1-3H3,(H,18,21). The van der Waals surface area contributed by atoms with Crippen LogP contribution in [0, 0.1) is 0 Å². The van der Waals surface area contributed by atoms with Crippen molar-refractivity contribution in [2.24, 2.45) is 0 Å². The molecule has 0 saturated heterocycles. The molecule has 0 saturated carbocycles. The quantitative estimate of drug-likeness (QED) is 0.821. The summed E-state index contributed by atoms with van der Waals surface area (Å²) in [5, 5.41) is 15.5. The van der Waals surface area contributed by atoms with Gasteiger partial charge in [0.05, 0.1) is 33.9 Å². The van der Waals surface area contributed by atoms with Gasteiger partial charge >= 0.3 is 0 Å². The maximum Gasteiger partial charge on any atom is 0.257 e. The molecule has 1 aromatic carbocycles. The van der Waals surface area contributed by atoms with Crippen molar-refractivity contribution in [2.75, 3.05) is 7.11 Å². The number of nitrogens with one attached hydrogen (secondary N) is 1. The third-order valence-electron chi connectivity index (χ3n) is 3.25. The van der Waals surface area contributed by atoms with Crippen molar-refractivity contribution >= 4 is 40.4 Å². The lowest BCUT2D eigenvalue weighted by molar-refractivity contribution is 0.0936. The van der Waals surface area contributed by atoms with Gasteiger partial charge in [-0.05, 0) is 13.3 Å². The van der Waals surface area contributed by atoms with Gasteiger partial charge in [0.15, 0.2) is 5.75 Å². The van der Waals surface area contributed by atoms with Crippen LogP contribution in [0.25, 0.3) is 0 Å². The molecule has 0 radical (unpaired) electrons. The van der Waals surface area contributed by atoms with Crippen LogP contribution in [0.2, 0.25) is 10.0 Å². The van der Waals surface area contributed by atoms with Crippen LogP contribution >= 0.6 is 34.5 Å². The van der Waals surface area contributed by atoms with Gasteiger partial charge in [0, 0.05) is 11.4 Å². The van der Waals surface area contributed by atoms with Gasteiger partial charge in [-0.15, -0.1) is 11.3 Å². The number of carbonyl (C=O) groups is 1. The van der Waals surface area contributed by atoms with E-state index >= 15 is 0 Å². The first-order valence-electron chi connectivity index (χ1n) is 6.89. The average Bonchev–Trinajstić information content (AvgIpc) is 2.99. The molecular weight excluding hydrogens is 359 g/mol. The number of nitrogens with zero attached hydrogens (tertiary/aromatic N) is 1. The highest BCUT2D eigenvalue weighted by molar-refractivity contribution is 7.09. The van der Waals surface area contributed by atoms with Crippen LogP contribution in [-0.4, -0.2) is 23.1 Å². The van der Waals surface area contributed by atoms with Gasteiger partial charge in [0.25, 0.3) is 5.91 Å². The lowest BCUT2D eigenvalue weighted by Crippen LogP contribution is -2.27. The largest absolute Gasteiger partial charge is 0.506 e. The Hall–Kier alpha value is -1.50. The number of carbonyl (C=O) groups excluding carboxylic acids is 1. The van der Waals surface area contributed by atoms with E-state index in [1.807, 2.05) is 19.2 Å². The fourth-order valence-electron chi connectivity index (χ4n) is 2.03. The molecular formula is C15H16Cl2N2O3S. The zero-order valence-corrected chi connectivity index (χ0v) is 15.1. The fourth-order valence-corrected chi connectivity index (χ4v) is 3.37. The van der Waals surface area contributed by atoms with Gasteiger partial charge < -0.3 is 15.2 Å². The molecule has 23 heavy (non-hydrogen) atoms. The summed E-state index contributed by atoms with van der Waals surface area (Å²) in [6.45, 7) is 3.84. The Morgan fingerprint density at radius 1 is 1.52 bits per heavy atom. The van der Waals surface area contributed by atoms with Gasteiger partial charge in [0.1, 0.15) is 11.3 Å². The number of rotatable bonds is 5. The number of phenolic OH excluding ortho intramolecular Hbond substituents is 1. The van der Waals surface area contributed by atoms with E-state index in [0.29, 0.717) is 0 Å². The van der Waals surface area contributed by atoms with Crippen molar-refractivity contribution in [3.8, 4) is 11.5 Å². The average molecular weight is 375 g/mol. The third kappa shape index (κ3) is 3.71. The van der Waals surface area contributed by atoms with Crippen molar-refractivity contribution in [3.63, 3.8) is 0 Å². The molecule has 1 unspecified atom stereocenters. The Balaban J connectivity index is 2.30. The number of aromatic nitrogens is 1. The number of ether oxygens (including phenoxy) is 1. The van der Waals surface area contributed by atoms with E-state index in [-0.39, 0.29) is 33.1 Å². The predicted octanol–water partition coefficient (Wildman–Crippen LogP) is 4.22. The number of aromatic hydroxyl groups is 1. The van der Waals surface area contributed by atoms with Crippen LogP contribution in [0.3, 0.4) is 0 Å². The summed E-state index contributed by atoms with van der Waals surface area (Å²) in [5.41, 5.74) is 0.763. The van der Waals surface area contributed by atoms with E-state index in [1.54, 1.807) is 11.3 Å². The molecule has 0 aliphatic rings. The summed E-state index contributed by atoms with van der Waals surface area (Å²) < 4.78 is 5.14. The Labute approximate surface area is 148 Å². The number of methoxy groups -OCH3 is 1. The van der Waals surface area contributed by atoms with Crippen LogP contribution in [0.4, 0.5) is 0 Å². The second-order valence-corrected chi connectivity index (χ2v) is 6.54. The summed E-state index contributed by atoms with van der Waals surface area (Å²) in [6.07, 6.45) is 0.840.